The summed E-state index contributed by atoms with van der Waals surface area (Å²) >= 11 is 12.5. The maximum Gasteiger partial charge on any atom is 0.429 e. The average Bonchev–Trinajstić information content (AvgIpc) is 3.38. The van der Waals surface area contributed by atoms with Crippen molar-refractivity contribution in [3.8, 4) is 0 Å². The molecule has 1 fully saturated rings. The van der Waals surface area contributed by atoms with Gasteiger partial charge >= 0.3 is 12.1 Å². The van der Waals surface area contributed by atoms with Gasteiger partial charge in [-0.2, -0.15) is 13.2 Å². The number of carbonyl (C=O) groups excluding carboxylic acids is 2. The first-order valence-corrected chi connectivity index (χ1v) is 12.9. The number of hydrogen-bond acceptors (Lipinski definition) is 5. The zero-order valence-corrected chi connectivity index (χ0v) is 22.7. The van der Waals surface area contributed by atoms with Gasteiger partial charge in [0.25, 0.3) is 5.91 Å². The van der Waals surface area contributed by atoms with Crippen LogP contribution in [-0.4, -0.2) is 54.6 Å². The molecule has 2 atom stereocenters. The van der Waals surface area contributed by atoms with Gasteiger partial charge in [-0.15, -0.1) is 0 Å². The van der Waals surface area contributed by atoms with Crippen LogP contribution in [0, 0.1) is 11.3 Å². The van der Waals surface area contributed by atoms with E-state index in [4.69, 9.17) is 33.3 Å². The molecule has 0 aliphatic carbocycles. The number of carbonyl (C=O) groups is 2. The summed E-state index contributed by atoms with van der Waals surface area (Å²) in [5.74, 6) is -1.80. The van der Waals surface area contributed by atoms with Gasteiger partial charge in [-0.1, -0.05) is 65.7 Å². The third-order valence-electron chi connectivity index (χ3n) is 6.68. The van der Waals surface area contributed by atoms with Crippen LogP contribution in [0.15, 0.2) is 77.8 Å². The first kappa shape index (κ1) is 29.3. The number of hydrogen-bond donors (Lipinski definition) is 1. The van der Waals surface area contributed by atoms with Gasteiger partial charge in [0, 0.05) is 36.0 Å². The van der Waals surface area contributed by atoms with Gasteiger partial charge in [-0.3, -0.25) is 14.6 Å². The largest absolute Gasteiger partial charge is 0.469 e. The molecule has 1 amide bonds. The lowest BCUT2D eigenvalue weighted by Gasteiger charge is -2.18. The van der Waals surface area contributed by atoms with Gasteiger partial charge < -0.3 is 15.0 Å². The highest BCUT2D eigenvalue weighted by molar-refractivity contribution is 6.33. The summed E-state index contributed by atoms with van der Waals surface area (Å²) in [5.41, 5.74) is 0.0714. The molecule has 0 aromatic heterocycles. The summed E-state index contributed by atoms with van der Waals surface area (Å²) in [5, 5.41) is 8.22. The van der Waals surface area contributed by atoms with E-state index in [1.807, 2.05) is 6.07 Å². The predicted octanol–water partition coefficient (Wildman–Crippen LogP) is 7.12. The summed E-state index contributed by atoms with van der Waals surface area (Å²) in [7, 11) is 1.29. The fourth-order valence-electron chi connectivity index (χ4n) is 4.60. The smallest absolute Gasteiger partial charge is 0.429 e. The number of para-hydroxylation sites is 1. The quantitative estimate of drug-likeness (QED) is 0.235. The SMILES string of the molecule is COC(=O)[C@@H]1CN(C(=O)c2ccc(C(CC(=N)C(F)(F)F)=Nc3ccccc3Cl)cc2)C[C@H]1c1ccccc1Cl. The van der Waals surface area contributed by atoms with E-state index in [2.05, 4.69) is 4.99 Å². The third kappa shape index (κ3) is 6.54. The fraction of sp³-hybridized carbons (Fsp3) is 0.241. The molecule has 1 aliphatic heterocycles. The fourth-order valence-corrected chi connectivity index (χ4v) is 5.05. The number of amides is 1. The molecular weight excluding hydrogens is 566 g/mol. The molecule has 1 N–H and O–H groups in total. The van der Waals surface area contributed by atoms with Gasteiger partial charge in [-0.05, 0) is 41.5 Å². The highest BCUT2D eigenvalue weighted by Crippen LogP contribution is 2.37. The minimum absolute atomic E-state index is 0.0277. The van der Waals surface area contributed by atoms with E-state index in [0.717, 1.165) is 5.56 Å². The molecule has 0 saturated carbocycles. The van der Waals surface area contributed by atoms with Gasteiger partial charge in [0.1, 0.15) is 5.71 Å². The van der Waals surface area contributed by atoms with Crippen LogP contribution in [-0.2, 0) is 9.53 Å². The Labute approximate surface area is 238 Å². The second-order valence-electron chi connectivity index (χ2n) is 9.21. The monoisotopic (exact) mass is 589 g/mol. The number of benzene rings is 3. The Balaban J connectivity index is 1.61. The number of methoxy groups -OCH3 is 1. The maximum absolute atomic E-state index is 13.4. The zero-order chi connectivity index (χ0) is 29.0. The van der Waals surface area contributed by atoms with E-state index >= 15 is 0 Å². The van der Waals surface area contributed by atoms with Crippen LogP contribution in [0.25, 0.3) is 0 Å². The molecule has 0 radical (unpaired) electrons. The van der Waals surface area contributed by atoms with Crippen molar-refractivity contribution in [1.29, 1.82) is 5.41 Å². The van der Waals surface area contributed by atoms with Crippen molar-refractivity contribution in [2.75, 3.05) is 20.2 Å². The molecule has 6 nitrogen and oxygen atoms in total. The lowest BCUT2D eigenvalue weighted by Crippen LogP contribution is -2.30. The van der Waals surface area contributed by atoms with Crippen LogP contribution in [0.4, 0.5) is 18.9 Å². The lowest BCUT2D eigenvalue weighted by molar-refractivity contribution is -0.145. The molecule has 0 bridgehead atoms. The second-order valence-corrected chi connectivity index (χ2v) is 10.0. The van der Waals surface area contributed by atoms with Gasteiger partial charge in [0.05, 0.1) is 29.4 Å². The Morgan fingerprint density at radius 2 is 1.55 bits per heavy atom. The highest BCUT2D eigenvalue weighted by Gasteiger charge is 2.42. The number of esters is 1. The molecule has 1 aliphatic rings. The third-order valence-corrected chi connectivity index (χ3v) is 7.34. The van der Waals surface area contributed by atoms with E-state index in [-0.39, 0.29) is 46.9 Å². The van der Waals surface area contributed by atoms with Gasteiger partial charge in [0.15, 0.2) is 0 Å². The van der Waals surface area contributed by atoms with Crippen LogP contribution < -0.4 is 0 Å². The van der Waals surface area contributed by atoms with Gasteiger partial charge in [0.2, 0.25) is 0 Å². The number of ether oxygens (including phenoxy) is 1. The van der Waals surface area contributed by atoms with Crippen LogP contribution in [0.2, 0.25) is 10.0 Å². The lowest BCUT2D eigenvalue weighted by atomic mass is 9.89. The number of likely N-dealkylation sites (tertiary alicyclic amines) is 1. The molecule has 208 valence electrons. The molecule has 1 saturated heterocycles. The second kappa shape index (κ2) is 12.2. The van der Waals surface area contributed by atoms with E-state index in [1.54, 1.807) is 42.5 Å². The van der Waals surface area contributed by atoms with E-state index in [0.29, 0.717) is 10.6 Å². The van der Waals surface area contributed by atoms with Crippen LogP contribution in [0.1, 0.15) is 33.8 Å². The van der Waals surface area contributed by atoms with Crippen LogP contribution >= 0.6 is 23.2 Å². The Kier molecular flexibility index (Phi) is 8.95. The zero-order valence-electron chi connectivity index (χ0n) is 21.2. The summed E-state index contributed by atoms with van der Waals surface area (Å²) < 4.78 is 44.5. The normalized spacial score (nSPS) is 17.6. The van der Waals surface area contributed by atoms with E-state index < -0.39 is 30.2 Å². The minimum Gasteiger partial charge on any atom is -0.469 e. The summed E-state index contributed by atoms with van der Waals surface area (Å²) in [6.07, 6.45) is -5.60. The molecule has 4 rings (SSSR count). The molecule has 0 unspecified atom stereocenters. The number of nitrogens with zero attached hydrogens (tertiary/aromatic N) is 2. The van der Waals surface area contributed by atoms with E-state index in [1.165, 1.54) is 36.3 Å². The maximum atomic E-state index is 13.4. The van der Waals surface area contributed by atoms with Crippen molar-refractivity contribution >= 4 is 52.2 Å². The molecule has 1 heterocycles. The summed E-state index contributed by atoms with van der Waals surface area (Å²) in [6, 6.07) is 19.4. The van der Waals surface area contributed by atoms with E-state index in [9.17, 15) is 22.8 Å². The van der Waals surface area contributed by atoms with Crippen LogP contribution in [0.3, 0.4) is 0 Å². The van der Waals surface area contributed by atoms with Crippen molar-refractivity contribution < 1.29 is 27.5 Å². The number of rotatable bonds is 7. The minimum atomic E-state index is -4.82. The average molecular weight is 590 g/mol. The van der Waals surface area contributed by atoms with Crippen molar-refractivity contribution in [1.82, 2.24) is 4.90 Å². The first-order chi connectivity index (χ1) is 19.0. The highest BCUT2D eigenvalue weighted by atomic mass is 35.5. The molecule has 11 heteroatoms. The van der Waals surface area contributed by atoms with Crippen molar-refractivity contribution in [3.05, 3.63) is 99.5 Å². The van der Waals surface area contributed by atoms with Crippen molar-refractivity contribution in [2.24, 2.45) is 10.9 Å². The number of nitrogens with one attached hydrogen (secondary N) is 1. The predicted molar refractivity (Wildman–Crippen MR) is 148 cm³/mol. The molecular formula is C29H24Cl2F3N3O3. The Hall–Kier alpha value is -3.69. The Morgan fingerprint density at radius 1 is 0.950 bits per heavy atom. The molecule has 40 heavy (non-hydrogen) atoms. The Morgan fingerprint density at radius 3 is 2.15 bits per heavy atom. The molecule has 3 aromatic rings. The summed E-state index contributed by atoms with van der Waals surface area (Å²) in [4.78, 5) is 31.8. The first-order valence-electron chi connectivity index (χ1n) is 12.2. The van der Waals surface area contributed by atoms with Gasteiger partial charge in [-0.25, -0.2) is 0 Å². The molecule has 3 aromatic carbocycles. The Bertz CT molecular complexity index is 1460. The number of aliphatic imine (C=N–C) groups is 1. The summed E-state index contributed by atoms with van der Waals surface area (Å²) in [6.45, 7) is 0.344. The van der Waals surface area contributed by atoms with Crippen LogP contribution in [0.5, 0.6) is 0 Å². The number of halogens is 5. The van der Waals surface area contributed by atoms with Crippen molar-refractivity contribution in [3.63, 3.8) is 0 Å². The topological polar surface area (TPSA) is 82.8 Å². The standard InChI is InChI=1S/C29H24Cl2F3N3O3/c1-40-28(39)21-16-37(15-20(21)19-6-2-3-7-22(19)30)27(38)18-12-10-17(11-13-18)25(14-26(35)29(32,33)34)36-24-9-5-4-8-23(24)31/h2-13,20-21,35H,14-16H2,1H3/t20-,21+/m0/s1. The molecule has 0 spiro atoms. The number of alkyl halides is 3. The van der Waals surface area contributed by atoms with Crippen molar-refractivity contribution in [2.45, 2.75) is 18.5 Å².